The molecule has 0 aliphatic heterocycles. The van der Waals surface area contributed by atoms with E-state index in [1.807, 2.05) is 0 Å². The summed E-state index contributed by atoms with van der Waals surface area (Å²) in [6, 6.07) is 0. The molecule has 0 aromatic carbocycles. The molecule has 0 fully saturated rings. The van der Waals surface area contributed by atoms with Crippen LogP contribution in [0.4, 0.5) is 0 Å². The lowest BCUT2D eigenvalue weighted by Crippen LogP contribution is -2.08. The molecule has 1 atom stereocenters. The summed E-state index contributed by atoms with van der Waals surface area (Å²) in [6.45, 7) is 2.78. The van der Waals surface area contributed by atoms with Gasteiger partial charge in [0.15, 0.2) is 0 Å². The topological polar surface area (TPSA) is 49.9 Å². The molecule has 0 heterocycles. The highest BCUT2D eigenvalue weighted by atomic mass is 14.5. The highest BCUT2D eigenvalue weighted by Crippen LogP contribution is 2.01. The van der Waals surface area contributed by atoms with Gasteiger partial charge in [-0.1, -0.05) is 6.92 Å². The first-order valence-electron chi connectivity index (χ1n) is 3.05. The van der Waals surface area contributed by atoms with E-state index < -0.39 is 0 Å². The van der Waals surface area contributed by atoms with Gasteiger partial charge in [0.2, 0.25) is 0 Å². The van der Waals surface area contributed by atoms with Crippen molar-refractivity contribution in [2.24, 2.45) is 11.7 Å². The molecule has 0 spiro atoms. The second-order valence-corrected chi connectivity index (χ2v) is 1.91. The highest BCUT2D eigenvalue weighted by Gasteiger charge is 1.97. The molecule has 0 aliphatic rings. The molecule has 1 unspecified atom stereocenters. The monoisotopic (exact) mass is 114 g/mol. The Morgan fingerprint density at radius 1 is 1.75 bits per heavy atom. The van der Waals surface area contributed by atoms with Crippen LogP contribution in [-0.2, 0) is 0 Å². The summed E-state index contributed by atoms with van der Waals surface area (Å²) in [7, 11) is 0. The van der Waals surface area contributed by atoms with Gasteiger partial charge in [-0.25, -0.2) is 0 Å². The van der Waals surface area contributed by atoms with Crippen LogP contribution in [0.3, 0.4) is 0 Å². The predicted molar refractivity (Wildman–Crippen MR) is 36.2 cm³/mol. The van der Waals surface area contributed by atoms with E-state index in [-0.39, 0.29) is 0 Å². The summed E-state index contributed by atoms with van der Waals surface area (Å²) in [5, 5.41) is 6.88. The summed E-state index contributed by atoms with van der Waals surface area (Å²) in [5.74, 6) is 0.417. The number of hydrogen-bond donors (Lipinski definition) is 2. The first-order chi connectivity index (χ1) is 3.85. The number of nitrogens with two attached hydrogens (primary N) is 1. The van der Waals surface area contributed by atoms with Crippen molar-refractivity contribution in [3.8, 4) is 0 Å². The number of nitrogens with one attached hydrogen (secondary N) is 1. The molecule has 0 aromatic heterocycles. The Kier molecular flexibility index (Phi) is 4.56. The van der Waals surface area contributed by atoms with Crippen molar-refractivity contribution in [2.75, 3.05) is 6.54 Å². The average molecular weight is 114 g/mol. The molecule has 2 heteroatoms. The van der Waals surface area contributed by atoms with Gasteiger partial charge in [0, 0.05) is 0 Å². The summed E-state index contributed by atoms with van der Waals surface area (Å²) in [6.07, 6.45) is 3.48. The Balaban J connectivity index is 3.21. The summed E-state index contributed by atoms with van der Waals surface area (Å²) < 4.78 is 0. The zero-order valence-corrected chi connectivity index (χ0v) is 5.35. The van der Waals surface area contributed by atoms with Gasteiger partial charge in [-0.15, -0.1) is 0 Å². The van der Waals surface area contributed by atoms with E-state index in [9.17, 15) is 0 Å². The molecule has 0 saturated carbocycles. The van der Waals surface area contributed by atoms with Crippen molar-refractivity contribution >= 4 is 6.21 Å². The summed E-state index contributed by atoms with van der Waals surface area (Å²) in [4.78, 5) is 0. The minimum Gasteiger partial charge on any atom is -0.330 e. The Morgan fingerprint density at radius 2 is 2.38 bits per heavy atom. The van der Waals surface area contributed by atoms with Crippen molar-refractivity contribution in [1.29, 1.82) is 5.41 Å². The van der Waals surface area contributed by atoms with E-state index in [1.165, 1.54) is 6.21 Å². The first kappa shape index (κ1) is 7.63. The van der Waals surface area contributed by atoms with E-state index in [0.29, 0.717) is 12.5 Å². The first-order valence-corrected chi connectivity index (χ1v) is 3.05. The molecule has 0 radical (unpaired) electrons. The summed E-state index contributed by atoms with van der Waals surface area (Å²) in [5.41, 5.74) is 5.28. The standard InChI is InChI=1S/C6H14N2/c1-2-6(5-8)3-4-7/h5-6,8H,2-4,7H2,1H3. The van der Waals surface area contributed by atoms with Gasteiger partial charge in [-0.05, 0) is 31.5 Å². The normalized spacial score (nSPS) is 13.2. The SMILES string of the molecule is CCC(C=N)CCN. The molecule has 0 bridgehead atoms. The lowest BCUT2D eigenvalue weighted by Gasteiger charge is -2.03. The Bertz CT molecular complexity index is 61.5. The van der Waals surface area contributed by atoms with E-state index in [0.717, 1.165) is 12.8 Å². The van der Waals surface area contributed by atoms with Crippen LogP contribution in [0, 0.1) is 11.3 Å². The van der Waals surface area contributed by atoms with Crippen LogP contribution >= 0.6 is 0 Å². The molecule has 8 heavy (non-hydrogen) atoms. The van der Waals surface area contributed by atoms with Crippen LogP contribution in [0.15, 0.2) is 0 Å². The zero-order valence-electron chi connectivity index (χ0n) is 5.35. The second kappa shape index (κ2) is 4.78. The van der Waals surface area contributed by atoms with Crippen LogP contribution in [0.5, 0.6) is 0 Å². The van der Waals surface area contributed by atoms with Crippen molar-refractivity contribution in [3.63, 3.8) is 0 Å². The van der Waals surface area contributed by atoms with Gasteiger partial charge >= 0.3 is 0 Å². The van der Waals surface area contributed by atoms with Crippen LogP contribution < -0.4 is 5.73 Å². The fourth-order valence-corrected chi connectivity index (χ4v) is 0.619. The number of hydrogen-bond acceptors (Lipinski definition) is 2. The fourth-order valence-electron chi connectivity index (χ4n) is 0.619. The highest BCUT2D eigenvalue weighted by molar-refractivity contribution is 5.56. The average Bonchev–Trinajstić information content (AvgIpc) is 1.83. The lowest BCUT2D eigenvalue weighted by atomic mass is 10.1. The molecule has 48 valence electrons. The van der Waals surface area contributed by atoms with Gasteiger partial charge in [0.25, 0.3) is 0 Å². The number of rotatable bonds is 4. The van der Waals surface area contributed by atoms with Crippen molar-refractivity contribution < 1.29 is 0 Å². The van der Waals surface area contributed by atoms with E-state index in [4.69, 9.17) is 11.1 Å². The maximum absolute atomic E-state index is 6.88. The van der Waals surface area contributed by atoms with Crippen molar-refractivity contribution in [2.45, 2.75) is 19.8 Å². The van der Waals surface area contributed by atoms with Crippen molar-refractivity contribution in [1.82, 2.24) is 0 Å². The summed E-state index contributed by atoms with van der Waals surface area (Å²) >= 11 is 0. The minimum absolute atomic E-state index is 0.417. The second-order valence-electron chi connectivity index (χ2n) is 1.91. The Labute approximate surface area is 50.6 Å². The van der Waals surface area contributed by atoms with Gasteiger partial charge in [-0.3, -0.25) is 0 Å². The molecule has 0 aliphatic carbocycles. The van der Waals surface area contributed by atoms with E-state index >= 15 is 0 Å². The maximum Gasteiger partial charge on any atom is -0.00164 e. The predicted octanol–water partition coefficient (Wildman–Crippen LogP) is 1.01. The largest absolute Gasteiger partial charge is 0.330 e. The van der Waals surface area contributed by atoms with E-state index in [2.05, 4.69) is 6.92 Å². The zero-order chi connectivity index (χ0) is 6.41. The van der Waals surface area contributed by atoms with Gasteiger partial charge in [-0.2, -0.15) is 0 Å². The van der Waals surface area contributed by atoms with Gasteiger partial charge in [0.05, 0.1) is 0 Å². The van der Waals surface area contributed by atoms with Crippen molar-refractivity contribution in [3.05, 3.63) is 0 Å². The molecular weight excluding hydrogens is 100 g/mol. The molecular formula is C6H14N2. The smallest absolute Gasteiger partial charge is 0.00164 e. The maximum atomic E-state index is 6.88. The Hall–Kier alpha value is -0.370. The fraction of sp³-hybridized carbons (Fsp3) is 0.833. The van der Waals surface area contributed by atoms with Crippen LogP contribution in [0.2, 0.25) is 0 Å². The minimum atomic E-state index is 0.417. The van der Waals surface area contributed by atoms with Crippen LogP contribution in [-0.4, -0.2) is 12.8 Å². The molecule has 0 amide bonds. The van der Waals surface area contributed by atoms with Crippen LogP contribution in [0.25, 0.3) is 0 Å². The molecule has 2 nitrogen and oxygen atoms in total. The van der Waals surface area contributed by atoms with Gasteiger partial charge in [0.1, 0.15) is 0 Å². The third-order valence-corrected chi connectivity index (χ3v) is 1.30. The molecule has 0 rings (SSSR count). The molecule has 0 aromatic rings. The third-order valence-electron chi connectivity index (χ3n) is 1.30. The van der Waals surface area contributed by atoms with Gasteiger partial charge < -0.3 is 11.1 Å². The quantitative estimate of drug-likeness (QED) is 0.526. The third kappa shape index (κ3) is 2.75. The Morgan fingerprint density at radius 3 is 2.50 bits per heavy atom. The van der Waals surface area contributed by atoms with Crippen LogP contribution in [0.1, 0.15) is 19.8 Å². The lowest BCUT2D eigenvalue weighted by molar-refractivity contribution is 0.623. The van der Waals surface area contributed by atoms with E-state index in [1.54, 1.807) is 0 Å². The molecule has 0 saturated heterocycles. The molecule has 3 N–H and O–H groups in total.